The van der Waals surface area contributed by atoms with Gasteiger partial charge < -0.3 is 10.0 Å². The Morgan fingerprint density at radius 3 is 2.84 bits per heavy atom. The van der Waals surface area contributed by atoms with Crippen molar-refractivity contribution in [3.63, 3.8) is 0 Å². The zero-order valence-corrected chi connectivity index (χ0v) is 10.6. The third kappa shape index (κ3) is 2.50. The molecule has 2 amide bonds. The summed E-state index contributed by atoms with van der Waals surface area (Å²) in [5.74, 6) is -1.84. The van der Waals surface area contributed by atoms with Gasteiger partial charge in [-0.1, -0.05) is 11.6 Å². The lowest BCUT2D eigenvalue weighted by Gasteiger charge is -2.33. The lowest BCUT2D eigenvalue weighted by atomic mass is 10.2. The summed E-state index contributed by atoms with van der Waals surface area (Å²) in [6.07, 6.45) is 1.13. The number of carboxylic acid groups (broad SMARTS) is 1. The Labute approximate surface area is 113 Å². The number of hydrogen-bond acceptors (Lipinski definition) is 5. The molecule has 0 aromatic carbocycles. The highest BCUT2D eigenvalue weighted by Gasteiger charge is 2.32. The first-order valence-electron chi connectivity index (χ1n) is 5.39. The number of carbonyl (C=O) groups excluding carboxylic acids is 2. The molecule has 7 nitrogen and oxygen atoms in total. The molecule has 0 bridgehead atoms. The van der Waals surface area contributed by atoms with E-state index in [4.69, 9.17) is 16.7 Å². The van der Waals surface area contributed by atoms with Crippen molar-refractivity contribution < 1.29 is 19.5 Å². The average Bonchev–Trinajstić information content (AvgIpc) is 2.33. The molecule has 0 saturated carbocycles. The van der Waals surface area contributed by atoms with Gasteiger partial charge in [0.15, 0.2) is 0 Å². The van der Waals surface area contributed by atoms with Gasteiger partial charge >= 0.3 is 5.97 Å². The van der Waals surface area contributed by atoms with E-state index in [-0.39, 0.29) is 22.9 Å². The molecule has 19 heavy (non-hydrogen) atoms. The maximum absolute atomic E-state index is 11.5. The van der Waals surface area contributed by atoms with Crippen molar-refractivity contribution in [2.45, 2.75) is 13.0 Å². The number of nitrogens with zero attached hydrogens (tertiary/aromatic N) is 2. The van der Waals surface area contributed by atoms with Crippen LogP contribution in [-0.4, -0.2) is 40.5 Å². The number of rotatable bonds is 2. The second kappa shape index (κ2) is 4.85. The number of anilines is 1. The largest absolute Gasteiger partial charge is 0.478 e. The molecule has 1 unspecified atom stereocenters. The zero-order valence-electron chi connectivity index (χ0n) is 9.88. The Morgan fingerprint density at radius 2 is 2.26 bits per heavy atom. The van der Waals surface area contributed by atoms with Gasteiger partial charge in [-0.3, -0.25) is 14.9 Å². The Bertz CT molecular complexity index is 575. The molecule has 0 spiro atoms. The van der Waals surface area contributed by atoms with Crippen molar-refractivity contribution in [3.8, 4) is 0 Å². The van der Waals surface area contributed by atoms with Gasteiger partial charge in [-0.15, -0.1) is 0 Å². The van der Waals surface area contributed by atoms with Crippen molar-refractivity contribution >= 4 is 35.2 Å². The highest BCUT2D eigenvalue weighted by molar-refractivity contribution is 6.33. The Morgan fingerprint density at radius 1 is 1.58 bits per heavy atom. The van der Waals surface area contributed by atoms with Crippen molar-refractivity contribution in [3.05, 3.63) is 22.8 Å². The molecular formula is C11H10ClN3O4. The normalized spacial score (nSPS) is 19.3. The van der Waals surface area contributed by atoms with Gasteiger partial charge in [-0.05, 0) is 13.0 Å². The lowest BCUT2D eigenvalue weighted by molar-refractivity contribution is -0.132. The van der Waals surface area contributed by atoms with Crippen molar-refractivity contribution in [1.82, 2.24) is 10.3 Å². The number of carboxylic acids is 1. The summed E-state index contributed by atoms with van der Waals surface area (Å²) in [5.41, 5.74) is -0.0609. The minimum atomic E-state index is -1.15. The van der Waals surface area contributed by atoms with Crippen LogP contribution in [0.15, 0.2) is 12.3 Å². The van der Waals surface area contributed by atoms with Gasteiger partial charge in [0.2, 0.25) is 11.8 Å². The van der Waals surface area contributed by atoms with E-state index in [1.54, 1.807) is 6.92 Å². The lowest BCUT2D eigenvalue weighted by Crippen LogP contribution is -2.57. The van der Waals surface area contributed by atoms with E-state index in [0.717, 1.165) is 6.20 Å². The van der Waals surface area contributed by atoms with E-state index >= 15 is 0 Å². The van der Waals surface area contributed by atoms with Crippen LogP contribution in [0.3, 0.4) is 0 Å². The molecule has 2 heterocycles. The number of piperazine rings is 1. The maximum Gasteiger partial charge on any atom is 0.337 e. The molecule has 2 rings (SSSR count). The Balaban J connectivity index is 2.38. The molecule has 1 saturated heterocycles. The molecule has 8 heteroatoms. The van der Waals surface area contributed by atoms with Gasteiger partial charge in [-0.25, -0.2) is 9.78 Å². The van der Waals surface area contributed by atoms with Crippen LogP contribution in [0.5, 0.6) is 0 Å². The second-order valence-corrected chi connectivity index (χ2v) is 4.46. The number of hydrogen-bond donors (Lipinski definition) is 2. The number of halogens is 1. The minimum absolute atomic E-state index is 0.0609. The summed E-state index contributed by atoms with van der Waals surface area (Å²) in [6.45, 7) is 1.54. The molecule has 1 aromatic rings. The number of pyridine rings is 1. The summed E-state index contributed by atoms with van der Waals surface area (Å²) in [4.78, 5) is 39.0. The number of nitrogens with one attached hydrogen (secondary N) is 1. The van der Waals surface area contributed by atoms with Crippen LogP contribution in [0.2, 0.25) is 5.02 Å². The van der Waals surface area contributed by atoms with Crippen LogP contribution >= 0.6 is 11.6 Å². The van der Waals surface area contributed by atoms with E-state index in [1.165, 1.54) is 11.0 Å². The van der Waals surface area contributed by atoms with Gasteiger partial charge in [0.25, 0.3) is 0 Å². The summed E-state index contributed by atoms with van der Waals surface area (Å²) in [5, 5.41) is 11.1. The van der Waals surface area contributed by atoms with E-state index in [2.05, 4.69) is 10.3 Å². The van der Waals surface area contributed by atoms with E-state index in [1.807, 2.05) is 0 Å². The van der Waals surface area contributed by atoms with Gasteiger partial charge in [0, 0.05) is 6.20 Å². The fourth-order valence-corrected chi connectivity index (χ4v) is 2.01. The number of carbonyl (C=O) groups is 3. The Kier molecular flexibility index (Phi) is 3.39. The predicted molar refractivity (Wildman–Crippen MR) is 66.2 cm³/mol. The second-order valence-electron chi connectivity index (χ2n) is 4.05. The predicted octanol–water partition coefficient (Wildman–Crippen LogP) is 0.284. The van der Waals surface area contributed by atoms with Gasteiger partial charge in [-0.2, -0.15) is 0 Å². The zero-order chi connectivity index (χ0) is 14.2. The van der Waals surface area contributed by atoms with Crippen LogP contribution in [0.25, 0.3) is 0 Å². The average molecular weight is 284 g/mol. The minimum Gasteiger partial charge on any atom is -0.478 e. The van der Waals surface area contributed by atoms with Crippen LogP contribution in [-0.2, 0) is 9.59 Å². The number of imide groups is 1. The highest BCUT2D eigenvalue weighted by Crippen LogP contribution is 2.26. The van der Waals surface area contributed by atoms with E-state index in [9.17, 15) is 14.4 Å². The molecule has 1 aromatic heterocycles. The van der Waals surface area contributed by atoms with Crippen LogP contribution in [0, 0.1) is 0 Å². The molecule has 0 radical (unpaired) electrons. The number of aromatic nitrogens is 1. The summed E-state index contributed by atoms with van der Waals surface area (Å²) in [6, 6.07) is 0.619. The van der Waals surface area contributed by atoms with Crippen LogP contribution in [0.4, 0.5) is 5.82 Å². The third-order valence-electron chi connectivity index (χ3n) is 2.76. The first-order chi connectivity index (χ1) is 8.90. The van der Waals surface area contributed by atoms with Gasteiger partial charge in [0.1, 0.15) is 11.9 Å². The number of amides is 2. The first kappa shape index (κ1) is 13.3. The molecule has 100 valence electrons. The standard InChI is InChI=1S/C11H10ClN3O4/c1-5-10(17)14-8(16)4-15(5)9-7(12)2-6(3-13-9)11(18)19/h2-3,5H,4H2,1H3,(H,18,19)(H,14,16,17). The monoisotopic (exact) mass is 283 g/mol. The smallest absolute Gasteiger partial charge is 0.337 e. The topological polar surface area (TPSA) is 99.6 Å². The van der Waals surface area contributed by atoms with Crippen LogP contribution in [0.1, 0.15) is 17.3 Å². The summed E-state index contributed by atoms with van der Waals surface area (Å²) >= 11 is 5.96. The van der Waals surface area contributed by atoms with E-state index in [0.29, 0.717) is 0 Å². The molecule has 1 atom stereocenters. The fraction of sp³-hybridized carbons (Fsp3) is 0.273. The van der Waals surface area contributed by atoms with Crippen LogP contribution < -0.4 is 10.2 Å². The first-order valence-corrected chi connectivity index (χ1v) is 5.77. The number of aromatic carboxylic acids is 1. The van der Waals surface area contributed by atoms with Gasteiger partial charge in [0.05, 0.1) is 17.1 Å². The molecule has 1 fully saturated rings. The van der Waals surface area contributed by atoms with E-state index < -0.39 is 23.8 Å². The molecule has 2 N–H and O–H groups in total. The molecule has 1 aliphatic rings. The fourth-order valence-electron chi connectivity index (χ4n) is 1.73. The molecule has 0 aliphatic carbocycles. The highest BCUT2D eigenvalue weighted by atomic mass is 35.5. The molecular weight excluding hydrogens is 274 g/mol. The Hall–Kier alpha value is -2.15. The van der Waals surface area contributed by atoms with Crippen molar-refractivity contribution in [2.24, 2.45) is 0 Å². The third-order valence-corrected chi connectivity index (χ3v) is 3.04. The van der Waals surface area contributed by atoms with Crippen molar-refractivity contribution in [2.75, 3.05) is 11.4 Å². The maximum atomic E-state index is 11.5. The summed E-state index contributed by atoms with van der Waals surface area (Å²) < 4.78 is 0. The molecule has 1 aliphatic heterocycles. The quantitative estimate of drug-likeness (QED) is 0.757. The SMILES string of the molecule is CC1C(=O)NC(=O)CN1c1ncc(C(=O)O)cc1Cl. The summed E-state index contributed by atoms with van der Waals surface area (Å²) in [7, 11) is 0. The van der Waals surface area contributed by atoms with Crippen molar-refractivity contribution in [1.29, 1.82) is 0 Å².